The summed E-state index contributed by atoms with van der Waals surface area (Å²) in [6, 6.07) is 0. The monoisotopic (exact) mass is 623 g/mol. The molecule has 0 aliphatic carbocycles. The van der Waals surface area contributed by atoms with Gasteiger partial charge in [0, 0.05) is 0 Å². The molecule has 2 nitrogen and oxygen atoms in total. The third kappa shape index (κ3) is 20.2. The maximum atomic E-state index is 2.48. The smallest absolute Gasteiger partial charge is 0.216 e. The molecule has 44 heavy (non-hydrogen) atoms. The van der Waals surface area contributed by atoms with Crippen LogP contribution in [-0.4, -0.2) is 54.4 Å². The van der Waals surface area contributed by atoms with Crippen molar-refractivity contribution in [1.82, 2.24) is 0 Å². The first-order chi connectivity index (χ1) is 20.7. The number of hydrogen-bond donors (Lipinski definition) is 0. The molecular formula is C42H90N2+2. The number of hydrogen-bond acceptors (Lipinski definition) is 0. The summed E-state index contributed by atoms with van der Waals surface area (Å²) in [5.41, 5.74) is 0. The molecule has 0 spiro atoms. The van der Waals surface area contributed by atoms with Gasteiger partial charge in [0.1, 0.15) is 0 Å². The summed E-state index contributed by atoms with van der Waals surface area (Å²) in [6.45, 7) is 40.4. The van der Waals surface area contributed by atoms with Crippen molar-refractivity contribution >= 4 is 0 Å². The van der Waals surface area contributed by atoms with E-state index >= 15 is 0 Å². The van der Waals surface area contributed by atoms with Crippen molar-refractivity contribution in [2.45, 2.75) is 199 Å². The molecule has 0 heterocycles. The van der Waals surface area contributed by atoms with E-state index in [1.54, 1.807) is 0 Å². The van der Waals surface area contributed by atoms with E-state index in [0.717, 1.165) is 41.7 Å². The van der Waals surface area contributed by atoms with Crippen molar-refractivity contribution in [1.29, 1.82) is 0 Å². The van der Waals surface area contributed by atoms with Crippen molar-refractivity contribution in [2.75, 3.05) is 39.3 Å². The van der Waals surface area contributed by atoms with Gasteiger partial charge in [0.25, 0.3) is 0 Å². The molecule has 0 saturated carbocycles. The Morgan fingerprint density at radius 2 is 0.523 bits per heavy atom. The quantitative estimate of drug-likeness (QED) is 0.0425. The highest BCUT2D eigenvalue weighted by Crippen LogP contribution is 2.35. The van der Waals surface area contributed by atoms with Crippen LogP contribution in [0, 0.1) is 35.5 Å². The van der Waals surface area contributed by atoms with E-state index in [0.29, 0.717) is 0 Å². The summed E-state index contributed by atoms with van der Waals surface area (Å²) in [7, 11) is 0. The molecule has 0 radical (unpaired) electrons. The highest BCUT2D eigenvalue weighted by atomic mass is 15.6. The summed E-state index contributed by atoms with van der Waals surface area (Å²) in [6.07, 6.45) is 23.4. The van der Waals surface area contributed by atoms with Gasteiger partial charge in [-0.05, 0) is 80.5 Å². The molecule has 0 aromatic rings. The first-order valence-electron chi connectivity index (χ1n) is 20.4. The number of unbranched alkanes of at least 4 members (excludes halogenated alkanes) is 8. The predicted octanol–water partition coefficient (Wildman–Crippen LogP) is 13.1. The van der Waals surface area contributed by atoms with Crippen LogP contribution in [0.2, 0.25) is 0 Å². The lowest BCUT2D eigenvalue weighted by Gasteiger charge is -2.55. The fourth-order valence-corrected chi connectivity index (χ4v) is 7.36. The molecule has 266 valence electrons. The minimum atomic E-state index is 0.757. The largest absolute Gasteiger partial charge is 0.275 e. The third-order valence-corrected chi connectivity index (χ3v) is 10.7. The fraction of sp³-hybridized carbons (Fsp3) is 1.00. The van der Waals surface area contributed by atoms with Crippen molar-refractivity contribution in [2.24, 2.45) is 35.5 Å². The standard InChI is InChI=1S/C42H90N2/c1-14-15-16-17-18-19-20-21-22-23-42(43(30-24-36(2)3,31-25-37(4)5)32-26-38(6)7)44(33-27-39(8)9,34-28-40(10)11)35-29-41(12)13/h36-42H,14-35H2,1-13H3/q+2. The Hall–Kier alpha value is -0.0800. The lowest BCUT2D eigenvalue weighted by Crippen LogP contribution is -2.72. The molecule has 0 aromatic carbocycles. The van der Waals surface area contributed by atoms with Gasteiger partial charge in [-0.15, -0.1) is 0 Å². The molecule has 0 N–H and O–H groups in total. The van der Waals surface area contributed by atoms with Crippen LogP contribution in [0.15, 0.2) is 0 Å². The fourth-order valence-electron chi connectivity index (χ4n) is 7.36. The van der Waals surface area contributed by atoms with Gasteiger partial charge < -0.3 is 0 Å². The molecule has 0 fully saturated rings. The van der Waals surface area contributed by atoms with Crippen LogP contribution in [0.5, 0.6) is 0 Å². The summed E-state index contributed by atoms with van der Waals surface area (Å²) in [5, 5.41) is 0. The summed E-state index contributed by atoms with van der Waals surface area (Å²) in [4.78, 5) is 0. The van der Waals surface area contributed by atoms with Gasteiger partial charge in [0.15, 0.2) is 0 Å². The van der Waals surface area contributed by atoms with Crippen molar-refractivity contribution in [3.63, 3.8) is 0 Å². The molecule has 2 heteroatoms. The molecule has 0 amide bonds. The van der Waals surface area contributed by atoms with E-state index in [4.69, 9.17) is 0 Å². The zero-order chi connectivity index (χ0) is 33.6. The third-order valence-electron chi connectivity index (χ3n) is 10.7. The van der Waals surface area contributed by atoms with Gasteiger partial charge in [0.05, 0.1) is 45.7 Å². The molecule has 0 aromatic heterocycles. The minimum absolute atomic E-state index is 0.757. The molecule has 0 aliphatic rings. The average molecular weight is 623 g/mol. The first kappa shape index (κ1) is 43.9. The zero-order valence-corrected chi connectivity index (χ0v) is 33.5. The van der Waals surface area contributed by atoms with Crippen LogP contribution in [-0.2, 0) is 0 Å². The highest BCUT2D eigenvalue weighted by Gasteiger charge is 2.49. The van der Waals surface area contributed by atoms with Crippen molar-refractivity contribution < 1.29 is 8.97 Å². The van der Waals surface area contributed by atoms with Crippen LogP contribution < -0.4 is 0 Å². The van der Waals surface area contributed by atoms with Crippen LogP contribution in [0.1, 0.15) is 193 Å². The molecule has 0 rings (SSSR count). The molecule has 0 aliphatic heterocycles. The van der Waals surface area contributed by atoms with E-state index in [-0.39, 0.29) is 0 Å². The second kappa shape index (κ2) is 25.0. The Labute approximate surface area is 282 Å². The van der Waals surface area contributed by atoms with E-state index in [9.17, 15) is 0 Å². The number of quaternary nitrogens is 2. The van der Waals surface area contributed by atoms with Crippen LogP contribution in [0.25, 0.3) is 0 Å². The molecule has 0 saturated heterocycles. The zero-order valence-electron chi connectivity index (χ0n) is 33.5. The van der Waals surface area contributed by atoms with Gasteiger partial charge >= 0.3 is 0 Å². The van der Waals surface area contributed by atoms with Gasteiger partial charge in [-0.2, -0.15) is 0 Å². The number of rotatable bonds is 30. The molecule has 0 unspecified atom stereocenters. The second-order valence-electron chi connectivity index (χ2n) is 18.0. The average Bonchev–Trinajstić information content (AvgIpc) is 2.94. The van der Waals surface area contributed by atoms with Crippen molar-refractivity contribution in [3.05, 3.63) is 0 Å². The normalized spacial score (nSPS) is 13.4. The second-order valence-corrected chi connectivity index (χ2v) is 18.0. The Morgan fingerprint density at radius 1 is 0.295 bits per heavy atom. The van der Waals surface area contributed by atoms with Gasteiger partial charge in [-0.25, -0.2) is 0 Å². The minimum Gasteiger partial charge on any atom is -0.275 e. The van der Waals surface area contributed by atoms with E-state index in [1.807, 2.05) is 0 Å². The summed E-state index contributed by atoms with van der Waals surface area (Å²) >= 11 is 0. The van der Waals surface area contributed by atoms with E-state index < -0.39 is 0 Å². The SMILES string of the molecule is CCCCCCCCCCCC([N+](CCC(C)C)(CCC(C)C)CCC(C)C)[N+](CCC(C)C)(CCC(C)C)CCC(C)C. The topological polar surface area (TPSA) is 0 Å². The molecular weight excluding hydrogens is 532 g/mol. The van der Waals surface area contributed by atoms with Gasteiger partial charge in [-0.1, -0.05) is 141 Å². The Morgan fingerprint density at radius 3 is 0.750 bits per heavy atom. The van der Waals surface area contributed by atoms with Gasteiger partial charge in [-0.3, -0.25) is 8.97 Å². The number of nitrogens with zero attached hydrogens (tertiary/aromatic N) is 2. The first-order valence-corrected chi connectivity index (χ1v) is 20.4. The van der Waals surface area contributed by atoms with Gasteiger partial charge in [0.2, 0.25) is 6.17 Å². The predicted molar refractivity (Wildman–Crippen MR) is 202 cm³/mol. The van der Waals surface area contributed by atoms with E-state index in [1.165, 1.54) is 151 Å². The highest BCUT2D eigenvalue weighted by molar-refractivity contribution is 4.65. The maximum Gasteiger partial charge on any atom is 0.216 e. The van der Waals surface area contributed by atoms with Crippen LogP contribution >= 0.6 is 0 Å². The Bertz CT molecular complexity index is 525. The summed E-state index contributed by atoms with van der Waals surface area (Å²) < 4.78 is 2.81. The van der Waals surface area contributed by atoms with Crippen molar-refractivity contribution in [3.8, 4) is 0 Å². The Kier molecular flexibility index (Phi) is 25.0. The molecule has 0 bridgehead atoms. The van der Waals surface area contributed by atoms with Crippen LogP contribution in [0.4, 0.5) is 0 Å². The summed E-state index contributed by atoms with van der Waals surface area (Å²) in [5.74, 6) is 4.68. The Balaban J connectivity index is 6.79. The lowest BCUT2D eigenvalue weighted by molar-refractivity contribution is -1.14. The maximum absolute atomic E-state index is 2.48. The van der Waals surface area contributed by atoms with E-state index in [2.05, 4.69) is 90.0 Å². The lowest BCUT2D eigenvalue weighted by atomic mass is 9.95. The van der Waals surface area contributed by atoms with Crippen LogP contribution in [0.3, 0.4) is 0 Å². The molecule has 0 atom stereocenters.